The fraction of sp³-hybridized carbons (Fsp3) is 0.200. The minimum Gasteiger partial charge on any atom is -0.462 e. The maximum Gasteiger partial charge on any atom is 0.342 e. The minimum atomic E-state index is -4.56. The van der Waals surface area contributed by atoms with Crippen LogP contribution in [0.15, 0.2) is 45.7 Å². The molecule has 32 heavy (non-hydrogen) atoms. The van der Waals surface area contributed by atoms with Crippen LogP contribution in [0, 0.1) is 17.0 Å². The van der Waals surface area contributed by atoms with Crippen molar-refractivity contribution in [1.82, 2.24) is 0 Å². The van der Waals surface area contributed by atoms with Crippen LogP contribution < -0.4 is 4.31 Å². The molecule has 1 amide bonds. The molecule has 0 atom stereocenters. The van der Waals surface area contributed by atoms with Gasteiger partial charge in [-0.05, 0) is 44.2 Å². The summed E-state index contributed by atoms with van der Waals surface area (Å²) in [5.41, 5.74) is -0.320. The maximum absolute atomic E-state index is 13.2. The lowest BCUT2D eigenvalue weighted by atomic mass is 10.1. The third-order valence-corrected chi connectivity index (χ3v) is 6.62. The van der Waals surface area contributed by atoms with Crippen LogP contribution in [0.25, 0.3) is 11.0 Å². The summed E-state index contributed by atoms with van der Waals surface area (Å²) in [6.45, 7) is 4.33. The Kier molecular flexibility index (Phi) is 6.24. The normalized spacial score (nSPS) is 11.4. The summed E-state index contributed by atoms with van der Waals surface area (Å²) in [7, 11) is -4.56. The van der Waals surface area contributed by atoms with Crippen LogP contribution in [0.2, 0.25) is 5.02 Å². The summed E-state index contributed by atoms with van der Waals surface area (Å²) in [5.74, 6) is -1.27. The monoisotopic (exact) mass is 480 g/mol. The number of amides is 1. The van der Waals surface area contributed by atoms with Gasteiger partial charge in [0.25, 0.3) is 15.7 Å². The summed E-state index contributed by atoms with van der Waals surface area (Å²) in [6.07, 6.45) is 0. The standard InChI is InChI=1S/C20H17ClN2O8S/c1-4-30-20(25)19-11(2)31-18-8-5-13(9-15(18)19)22(12(3)24)32(28,29)14-6-7-16(21)17(10-14)23(26)27/h5-10H,4H2,1-3H3. The predicted octanol–water partition coefficient (Wildman–Crippen LogP) is 4.22. The van der Waals surface area contributed by atoms with E-state index in [4.69, 9.17) is 20.8 Å². The number of hydrogen-bond donors (Lipinski definition) is 0. The molecule has 0 aliphatic heterocycles. The van der Waals surface area contributed by atoms with Crippen LogP contribution in [0.5, 0.6) is 0 Å². The summed E-state index contributed by atoms with van der Waals surface area (Å²) in [6, 6.07) is 6.94. The number of carbonyl (C=O) groups excluding carboxylic acids is 2. The fourth-order valence-corrected chi connectivity index (χ4v) is 4.81. The van der Waals surface area contributed by atoms with Crippen LogP contribution in [-0.2, 0) is 19.6 Å². The number of nitro groups is 1. The van der Waals surface area contributed by atoms with E-state index in [0.29, 0.717) is 4.31 Å². The van der Waals surface area contributed by atoms with Gasteiger partial charge in [0.05, 0.1) is 22.1 Å². The number of esters is 1. The molecule has 0 unspecified atom stereocenters. The van der Waals surface area contributed by atoms with Gasteiger partial charge < -0.3 is 9.15 Å². The number of sulfonamides is 1. The molecule has 0 N–H and O–H groups in total. The first kappa shape index (κ1) is 23.2. The summed E-state index contributed by atoms with van der Waals surface area (Å²) >= 11 is 5.77. The van der Waals surface area contributed by atoms with E-state index >= 15 is 0 Å². The number of benzene rings is 2. The third kappa shape index (κ3) is 4.04. The fourth-order valence-electron chi connectivity index (χ4n) is 3.18. The molecule has 12 heteroatoms. The van der Waals surface area contributed by atoms with Gasteiger partial charge in [0.1, 0.15) is 21.9 Å². The SMILES string of the molecule is CCOC(=O)c1c(C)oc2ccc(N(C(C)=O)S(=O)(=O)c3ccc(Cl)c([N+](=O)[O-])c3)cc12. The van der Waals surface area contributed by atoms with Gasteiger partial charge in [0, 0.05) is 18.4 Å². The molecule has 0 aliphatic carbocycles. The predicted molar refractivity (Wildman–Crippen MR) is 115 cm³/mol. The Bertz CT molecular complexity index is 1360. The zero-order chi connectivity index (χ0) is 23.8. The first-order chi connectivity index (χ1) is 15.0. The van der Waals surface area contributed by atoms with E-state index in [-0.39, 0.29) is 39.6 Å². The van der Waals surface area contributed by atoms with Crippen molar-refractivity contribution in [2.75, 3.05) is 10.9 Å². The van der Waals surface area contributed by atoms with Gasteiger partial charge in [-0.3, -0.25) is 14.9 Å². The average Bonchev–Trinajstić information content (AvgIpc) is 3.02. The Morgan fingerprint density at radius 3 is 2.50 bits per heavy atom. The molecular formula is C20H17ClN2O8S. The highest BCUT2D eigenvalue weighted by Gasteiger charge is 2.32. The number of aryl methyl sites for hydroxylation is 1. The highest BCUT2D eigenvalue weighted by atomic mass is 35.5. The number of furan rings is 1. The molecule has 0 spiro atoms. The number of anilines is 1. The zero-order valence-electron chi connectivity index (χ0n) is 17.1. The largest absolute Gasteiger partial charge is 0.462 e. The molecule has 10 nitrogen and oxygen atoms in total. The molecule has 168 valence electrons. The molecular weight excluding hydrogens is 464 g/mol. The lowest BCUT2D eigenvalue weighted by Crippen LogP contribution is -2.35. The molecule has 3 aromatic rings. The number of halogens is 1. The van der Waals surface area contributed by atoms with Gasteiger partial charge >= 0.3 is 5.97 Å². The Hall–Kier alpha value is -3.44. The highest BCUT2D eigenvalue weighted by Crippen LogP contribution is 2.34. The molecule has 0 bridgehead atoms. The van der Waals surface area contributed by atoms with Gasteiger partial charge in [-0.2, -0.15) is 0 Å². The molecule has 0 saturated heterocycles. The van der Waals surface area contributed by atoms with Crippen molar-refractivity contribution in [1.29, 1.82) is 0 Å². The molecule has 1 heterocycles. The lowest BCUT2D eigenvalue weighted by molar-refractivity contribution is -0.384. The second kappa shape index (κ2) is 8.60. The summed E-state index contributed by atoms with van der Waals surface area (Å²) < 4.78 is 37.6. The Labute approximate surface area is 187 Å². The van der Waals surface area contributed by atoms with E-state index in [9.17, 15) is 28.1 Å². The van der Waals surface area contributed by atoms with Crippen LogP contribution in [-0.4, -0.2) is 31.8 Å². The number of fused-ring (bicyclic) bond motifs is 1. The summed E-state index contributed by atoms with van der Waals surface area (Å²) in [5, 5.41) is 11.2. The van der Waals surface area contributed by atoms with E-state index in [0.717, 1.165) is 25.1 Å². The molecule has 1 aromatic heterocycles. The maximum atomic E-state index is 13.2. The first-order valence-corrected chi connectivity index (χ1v) is 11.0. The van der Waals surface area contributed by atoms with Gasteiger partial charge in [-0.25, -0.2) is 17.5 Å². The summed E-state index contributed by atoms with van der Waals surface area (Å²) in [4.78, 5) is 34.6. The third-order valence-electron chi connectivity index (χ3n) is 4.50. The van der Waals surface area contributed by atoms with Crippen LogP contribution >= 0.6 is 11.6 Å². The number of rotatable bonds is 6. The molecule has 0 fully saturated rings. The van der Waals surface area contributed by atoms with Crippen molar-refractivity contribution in [3.8, 4) is 0 Å². The molecule has 0 radical (unpaired) electrons. The number of hydrogen-bond acceptors (Lipinski definition) is 8. The van der Waals surface area contributed by atoms with Crippen molar-refractivity contribution in [2.45, 2.75) is 25.7 Å². The average molecular weight is 481 g/mol. The quantitative estimate of drug-likeness (QED) is 0.290. The van der Waals surface area contributed by atoms with E-state index in [1.807, 2.05) is 0 Å². The van der Waals surface area contributed by atoms with Crippen molar-refractivity contribution >= 4 is 55.8 Å². The van der Waals surface area contributed by atoms with E-state index in [1.54, 1.807) is 13.8 Å². The van der Waals surface area contributed by atoms with Crippen LogP contribution in [0.1, 0.15) is 30.0 Å². The second-order valence-electron chi connectivity index (χ2n) is 6.59. The van der Waals surface area contributed by atoms with Crippen LogP contribution in [0.3, 0.4) is 0 Å². The number of nitro benzene ring substituents is 1. The lowest BCUT2D eigenvalue weighted by Gasteiger charge is -2.21. The molecule has 0 saturated carbocycles. The molecule has 0 aliphatic rings. The van der Waals surface area contributed by atoms with Gasteiger partial charge in [0.2, 0.25) is 5.91 Å². The van der Waals surface area contributed by atoms with Gasteiger partial charge in [-0.1, -0.05) is 11.6 Å². The van der Waals surface area contributed by atoms with Crippen LogP contribution in [0.4, 0.5) is 11.4 Å². The number of carbonyl (C=O) groups is 2. The zero-order valence-corrected chi connectivity index (χ0v) is 18.7. The second-order valence-corrected chi connectivity index (χ2v) is 8.79. The number of nitrogens with zero attached hydrogens (tertiary/aromatic N) is 2. The molecule has 2 aromatic carbocycles. The van der Waals surface area contributed by atoms with E-state index in [2.05, 4.69) is 0 Å². The Balaban J connectivity index is 2.20. The molecule has 3 rings (SSSR count). The van der Waals surface area contributed by atoms with Gasteiger partial charge in [0.15, 0.2) is 0 Å². The van der Waals surface area contributed by atoms with Crippen molar-refractivity contribution in [3.63, 3.8) is 0 Å². The van der Waals surface area contributed by atoms with Gasteiger partial charge in [-0.15, -0.1) is 0 Å². The number of ether oxygens (including phenoxy) is 1. The Morgan fingerprint density at radius 2 is 1.91 bits per heavy atom. The van der Waals surface area contributed by atoms with Crippen molar-refractivity contribution < 1.29 is 32.1 Å². The van der Waals surface area contributed by atoms with E-state index < -0.39 is 37.4 Å². The van der Waals surface area contributed by atoms with E-state index in [1.165, 1.54) is 18.2 Å². The minimum absolute atomic E-state index is 0.0889. The Morgan fingerprint density at radius 1 is 1.22 bits per heavy atom. The first-order valence-electron chi connectivity index (χ1n) is 9.19. The highest BCUT2D eigenvalue weighted by molar-refractivity contribution is 7.93. The topological polar surface area (TPSA) is 137 Å². The smallest absolute Gasteiger partial charge is 0.342 e. The van der Waals surface area contributed by atoms with Crippen molar-refractivity contribution in [3.05, 3.63) is 62.9 Å². The van der Waals surface area contributed by atoms with Crippen molar-refractivity contribution in [2.24, 2.45) is 0 Å².